The summed E-state index contributed by atoms with van der Waals surface area (Å²) in [4.78, 5) is 10.7. The maximum absolute atomic E-state index is 10.7. The first kappa shape index (κ1) is 9.39. The first-order valence-corrected chi connectivity index (χ1v) is 3.20. The molecular formula is C6H14N2O2. The molecule has 0 aliphatic carbocycles. The number of methoxy groups -OCH3 is 1. The SMILES string of the molecule is COCCC(=O)NC(C)N. The third-order valence-electron chi connectivity index (χ3n) is 0.922. The fraction of sp³-hybridized carbons (Fsp3) is 0.833. The minimum absolute atomic E-state index is 0.0724. The second-order valence-electron chi connectivity index (χ2n) is 2.10. The Morgan fingerprint density at radius 2 is 2.40 bits per heavy atom. The molecule has 0 rings (SSSR count). The van der Waals surface area contributed by atoms with Gasteiger partial charge in [-0.1, -0.05) is 0 Å². The molecule has 0 spiro atoms. The van der Waals surface area contributed by atoms with Gasteiger partial charge in [0.1, 0.15) is 0 Å². The molecule has 0 aliphatic rings. The third kappa shape index (κ3) is 5.53. The van der Waals surface area contributed by atoms with Crippen molar-refractivity contribution in [2.24, 2.45) is 5.73 Å². The largest absolute Gasteiger partial charge is 0.384 e. The maximum Gasteiger partial charge on any atom is 0.223 e. The highest BCUT2D eigenvalue weighted by molar-refractivity contribution is 5.76. The van der Waals surface area contributed by atoms with Gasteiger partial charge in [-0.25, -0.2) is 0 Å². The molecule has 0 saturated carbocycles. The zero-order chi connectivity index (χ0) is 7.98. The molecule has 0 aromatic rings. The summed E-state index contributed by atoms with van der Waals surface area (Å²) in [6, 6.07) is 0. The fourth-order valence-corrected chi connectivity index (χ4v) is 0.521. The van der Waals surface area contributed by atoms with E-state index in [0.717, 1.165) is 0 Å². The Balaban J connectivity index is 3.26. The molecule has 0 bridgehead atoms. The van der Waals surface area contributed by atoms with E-state index in [1.165, 1.54) is 0 Å². The van der Waals surface area contributed by atoms with E-state index < -0.39 is 0 Å². The van der Waals surface area contributed by atoms with Crippen LogP contribution in [0.15, 0.2) is 0 Å². The number of ether oxygens (including phenoxy) is 1. The molecule has 0 radical (unpaired) electrons. The van der Waals surface area contributed by atoms with Gasteiger partial charge in [-0.3, -0.25) is 4.79 Å². The summed E-state index contributed by atoms with van der Waals surface area (Å²) in [5, 5.41) is 2.54. The lowest BCUT2D eigenvalue weighted by Crippen LogP contribution is -2.39. The Morgan fingerprint density at radius 1 is 1.80 bits per heavy atom. The lowest BCUT2D eigenvalue weighted by atomic mass is 10.4. The monoisotopic (exact) mass is 146 g/mol. The Morgan fingerprint density at radius 3 is 2.80 bits per heavy atom. The van der Waals surface area contributed by atoms with E-state index in [2.05, 4.69) is 5.32 Å². The van der Waals surface area contributed by atoms with Crippen LogP contribution < -0.4 is 11.1 Å². The number of hydrogen-bond donors (Lipinski definition) is 2. The van der Waals surface area contributed by atoms with Crippen molar-refractivity contribution in [3.05, 3.63) is 0 Å². The van der Waals surface area contributed by atoms with Crippen molar-refractivity contribution >= 4 is 5.91 Å². The van der Waals surface area contributed by atoms with Gasteiger partial charge in [0, 0.05) is 13.5 Å². The number of nitrogens with one attached hydrogen (secondary N) is 1. The van der Waals surface area contributed by atoms with Crippen molar-refractivity contribution in [2.75, 3.05) is 13.7 Å². The van der Waals surface area contributed by atoms with Crippen molar-refractivity contribution < 1.29 is 9.53 Å². The van der Waals surface area contributed by atoms with Crippen LogP contribution in [0.1, 0.15) is 13.3 Å². The Kier molecular flexibility index (Phi) is 4.88. The summed E-state index contributed by atoms with van der Waals surface area (Å²) in [5.41, 5.74) is 5.29. The van der Waals surface area contributed by atoms with E-state index in [0.29, 0.717) is 13.0 Å². The minimum Gasteiger partial charge on any atom is -0.384 e. The molecule has 0 aromatic carbocycles. The van der Waals surface area contributed by atoms with Gasteiger partial charge in [0.2, 0.25) is 5.91 Å². The molecule has 0 heterocycles. The first-order chi connectivity index (χ1) is 4.66. The van der Waals surface area contributed by atoms with Gasteiger partial charge >= 0.3 is 0 Å². The van der Waals surface area contributed by atoms with Crippen molar-refractivity contribution in [2.45, 2.75) is 19.5 Å². The van der Waals surface area contributed by atoms with Gasteiger partial charge < -0.3 is 15.8 Å². The minimum atomic E-state index is -0.274. The highest BCUT2D eigenvalue weighted by Crippen LogP contribution is 1.80. The van der Waals surface area contributed by atoms with Crippen molar-refractivity contribution in [3.63, 3.8) is 0 Å². The average Bonchev–Trinajstić information content (AvgIpc) is 1.82. The van der Waals surface area contributed by atoms with Crippen molar-refractivity contribution in [1.29, 1.82) is 0 Å². The summed E-state index contributed by atoms with van der Waals surface area (Å²) < 4.78 is 4.69. The zero-order valence-electron chi connectivity index (χ0n) is 6.39. The second-order valence-corrected chi connectivity index (χ2v) is 2.10. The lowest BCUT2D eigenvalue weighted by Gasteiger charge is -2.06. The van der Waals surface area contributed by atoms with Gasteiger partial charge in [0.15, 0.2) is 0 Å². The van der Waals surface area contributed by atoms with Crippen LogP contribution in [-0.4, -0.2) is 25.8 Å². The van der Waals surface area contributed by atoms with E-state index in [1.54, 1.807) is 14.0 Å². The quantitative estimate of drug-likeness (QED) is 0.523. The number of hydrogen-bond acceptors (Lipinski definition) is 3. The molecule has 1 atom stereocenters. The first-order valence-electron chi connectivity index (χ1n) is 3.20. The summed E-state index contributed by atoms with van der Waals surface area (Å²) in [7, 11) is 1.55. The maximum atomic E-state index is 10.7. The zero-order valence-corrected chi connectivity index (χ0v) is 6.39. The van der Waals surface area contributed by atoms with E-state index in [4.69, 9.17) is 10.5 Å². The number of rotatable bonds is 4. The molecule has 10 heavy (non-hydrogen) atoms. The Labute approximate surface area is 60.7 Å². The molecule has 0 aliphatic heterocycles. The molecule has 60 valence electrons. The van der Waals surface area contributed by atoms with E-state index in [9.17, 15) is 4.79 Å². The smallest absolute Gasteiger partial charge is 0.223 e. The second kappa shape index (κ2) is 5.20. The van der Waals surface area contributed by atoms with Gasteiger partial charge in [-0.05, 0) is 6.92 Å². The predicted molar refractivity (Wildman–Crippen MR) is 38.3 cm³/mol. The van der Waals surface area contributed by atoms with E-state index in [-0.39, 0.29) is 12.1 Å². The van der Waals surface area contributed by atoms with Crippen LogP contribution in [0.5, 0.6) is 0 Å². The van der Waals surface area contributed by atoms with Crippen LogP contribution in [0.25, 0.3) is 0 Å². The van der Waals surface area contributed by atoms with Crippen molar-refractivity contribution in [1.82, 2.24) is 5.32 Å². The van der Waals surface area contributed by atoms with Crippen LogP contribution >= 0.6 is 0 Å². The Hall–Kier alpha value is -0.610. The number of carbonyl (C=O) groups excluding carboxylic acids is 1. The van der Waals surface area contributed by atoms with Gasteiger partial charge in [-0.2, -0.15) is 0 Å². The molecule has 1 unspecified atom stereocenters. The van der Waals surface area contributed by atoms with Crippen LogP contribution in [0, 0.1) is 0 Å². The molecule has 0 fully saturated rings. The summed E-state index contributed by atoms with van der Waals surface area (Å²) >= 11 is 0. The molecule has 0 saturated heterocycles. The molecule has 4 nitrogen and oxygen atoms in total. The summed E-state index contributed by atoms with van der Waals surface area (Å²) in [6.07, 6.45) is 0.0993. The number of amides is 1. The molecular weight excluding hydrogens is 132 g/mol. The van der Waals surface area contributed by atoms with Gasteiger partial charge in [0.05, 0.1) is 12.8 Å². The summed E-state index contributed by atoms with van der Waals surface area (Å²) in [5.74, 6) is -0.0724. The van der Waals surface area contributed by atoms with E-state index in [1.807, 2.05) is 0 Å². The average molecular weight is 146 g/mol. The van der Waals surface area contributed by atoms with Crippen molar-refractivity contribution in [3.8, 4) is 0 Å². The topological polar surface area (TPSA) is 64.3 Å². The van der Waals surface area contributed by atoms with Gasteiger partial charge in [-0.15, -0.1) is 0 Å². The van der Waals surface area contributed by atoms with Crippen LogP contribution in [0.4, 0.5) is 0 Å². The standard InChI is InChI=1S/C6H14N2O2/c1-5(7)8-6(9)3-4-10-2/h5H,3-4,7H2,1-2H3,(H,8,9). The molecule has 1 amide bonds. The van der Waals surface area contributed by atoms with Crippen LogP contribution in [-0.2, 0) is 9.53 Å². The normalized spacial score (nSPS) is 12.7. The summed E-state index contributed by atoms with van der Waals surface area (Å²) in [6.45, 7) is 2.16. The fourth-order valence-electron chi connectivity index (χ4n) is 0.521. The number of carbonyl (C=O) groups is 1. The lowest BCUT2D eigenvalue weighted by molar-refractivity contribution is -0.122. The van der Waals surface area contributed by atoms with Crippen LogP contribution in [0.2, 0.25) is 0 Å². The van der Waals surface area contributed by atoms with Gasteiger partial charge in [0.25, 0.3) is 0 Å². The Bertz CT molecular complexity index is 104. The highest BCUT2D eigenvalue weighted by atomic mass is 16.5. The molecule has 3 N–H and O–H groups in total. The molecule has 0 aromatic heterocycles. The predicted octanol–water partition coefficient (Wildman–Crippen LogP) is -0.556. The molecule has 4 heteroatoms. The van der Waals surface area contributed by atoms with E-state index >= 15 is 0 Å². The number of nitrogens with two attached hydrogens (primary N) is 1. The highest BCUT2D eigenvalue weighted by Gasteiger charge is 2.00. The third-order valence-corrected chi connectivity index (χ3v) is 0.922. The van der Waals surface area contributed by atoms with Crippen LogP contribution in [0.3, 0.4) is 0 Å².